The van der Waals surface area contributed by atoms with Gasteiger partial charge in [0.25, 0.3) is 0 Å². The maximum atomic E-state index is 13.5. The molecule has 8 nitrogen and oxygen atoms in total. The summed E-state index contributed by atoms with van der Waals surface area (Å²) in [5.74, 6) is -1.01. The summed E-state index contributed by atoms with van der Waals surface area (Å²) in [5.41, 5.74) is -3.02. The van der Waals surface area contributed by atoms with Crippen molar-refractivity contribution >= 4 is 29.5 Å². The van der Waals surface area contributed by atoms with Crippen molar-refractivity contribution in [3.05, 3.63) is 34.9 Å². The maximum absolute atomic E-state index is 13.5. The minimum absolute atomic E-state index is 0.201. The van der Waals surface area contributed by atoms with Crippen molar-refractivity contribution in [1.82, 2.24) is 15.5 Å². The molecule has 1 aromatic carbocycles. The van der Waals surface area contributed by atoms with Gasteiger partial charge in [0.15, 0.2) is 0 Å². The van der Waals surface area contributed by atoms with Gasteiger partial charge in [-0.1, -0.05) is 51.4 Å². The lowest BCUT2D eigenvalue weighted by atomic mass is 9.66. The summed E-state index contributed by atoms with van der Waals surface area (Å²) in [6.45, 7) is 16.5. The second-order valence-corrected chi connectivity index (χ2v) is 12.6. The van der Waals surface area contributed by atoms with Gasteiger partial charge in [0.1, 0.15) is 17.2 Å². The summed E-state index contributed by atoms with van der Waals surface area (Å²) in [4.78, 5) is 40.6. The Bertz CT molecular complexity index is 969. The van der Waals surface area contributed by atoms with E-state index < -0.39 is 40.2 Å². The first-order chi connectivity index (χ1) is 16.3. The highest BCUT2D eigenvalue weighted by Gasteiger charge is 2.50. The number of nitrogens with one attached hydrogen (secondary N) is 2. The first-order valence-electron chi connectivity index (χ1n) is 12.4. The standard InChI is InChI=1S/C27H42ClN3O5/c1-17(2)20(29-23(34)30-26(8,9)22(33)36-24(3,4)5)21(32)31-15-14-27(35,25(6,7)16-31)18-10-12-19(28)13-11-18/h10-13,17,20,35H,14-16H2,1-9H3,(H2,29,30,34). The van der Waals surface area contributed by atoms with Crippen molar-refractivity contribution in [1.29, 1.82) is 0 Å². The molecule has 3 amide bonds. The highest BCUT2D eigenvalue weighted by Crippen LogP contribution is 2.46. The van der Waals surface area contributed by atoms with Crippen molar-refractivity contribution in [2.24, 2.45) is 11.3 Å². The van der Waals surface area contributed by atoms with Crippen LogP contribution in [0.2, 0.25) is 5.02 Å². The van der Waals surface area contributed by atoms with Crippen LogP contribution in [0.5, 0.6) is 0 Å². The Labute approximate surface area is 220 Å². The smallest absolute Gasteiger partial charge is 0.331 e. The number of amides is 3. The van der Waals surface area contributed by atoms with Gasteiger partial charge in [0.2, 0.25) is 5.91 Å². The number of ether oxygens (including phenoxy) is 1. The molecule has 1 aliphatic heterocycles. The number of aliphatic hydroxyl groups is 1. The number of likely N-dealkylation sites (tertiary alicyclic amines) is 1. The molecule has 1 heterocycles. The minimum atomic E-state index is -1.29. The molecule has 0 spiro atoms. The third kappa shape index (κ3) is 6.91. The lowest BCUT2D eigenvalue weighted by Crippen LogP contribution is -2.62. The van der Waals surface area contributed by atoms with E-state index in [0.29, 0.717) is 24.5 Å². The zero-order chi connectivity index (χ0) is 27.7. The molecule has 2 rings (SSSR count). The van der Waals surface area contributed by atoms with E-state index in [9.17, 15) is 19.5 Å². The van der Waals surface area contributed by atoms with Crippen molar-refractivity contribution in [3.8, 4) is 0 Å². The van der Waals surface area contributed by atoms with Crippen molar-refractivity contribution in [2.45, 2.75) is 91.5 Å². The molecule has 2 atom stereocenters. The van der Waals surface area contributed by atoms with Gasteiger partial charge >= 0.3 is 12.0 Å². The summed E-state index contributed by atoms with van der Waals surface area (Å²) in [5, 5.41) is 17.6. The fourth-order valence-electron chi connectivity index (χ4n) is 4.40. The molecule has 3 N–H and O–H groups in total. The van der Waals surface area contributed by atoms with Crippen LogP contribution in [0.25, 0.3) is 0 Å². The van der Waals surface area contributed by atoms with Gasteiger partial charge in [0, 0.05) is 23.5 Å². The number of carbonyl (C=O) groups is 3. The molecule has 0 aromatic heterocycles. The Balaban J connectivity index is 2.13. The Kier molecular flexibility index (Phi) is 8.79. The zero-order valence-corrected chi connectivity index (χ0v) is 23.7. The van der Waals surface area contributed by atoms with Gasteiger partial charge in [-0.3, -0.25) is 4.79 Å². The molecule has 9 heteroatoms. The lowest BCUT2D eigenvalue weighted by Gasteiger charge is -2.51. The van der Waals surface area contributed by atoms with E-state index in [1.165, 1.54) is 0 Å². The maximum Gasteiger partial charge on any atom is 0.331 e. The second-order valence-electron chi connectivity index (χ2n) is 12.2. The van der Waals surface area contributed by atoms with Gasteiger partial charge in [-0.25, -0.2) is 9.59 Å². The summed E-state index contributed by atoms with van der Waals surface area (Å²) in [6, 6.07) is 5.69. The number of hydrogen-bond acceptors (Lipinski definition) is 5. The molecule has 36 heavy (non-hydrogen) atoms. The molecule has 1 fully saturated rings. The van der Waals surface area contributed by atoms with Crippen LogP contribution in [-0.2, 0) is 19.9 Å². The van der Waals surface area contributed by atoms with Gasteiger partial charge in [-0.05, 0) is 64.7 Å². The molecule has 1 saturated heterocycles. The third-order valence-corrected chi connectivity index (χ3v) is 6.89. The van der Waals surface area contributed by atoms with Crippen LogP contribution >= 0.6 is 11.6 Å². The van der Waals surface area contributed by atoms with E-state index >= 15 is 0 Å². The summed E-state index contributed by atoms with van der Waals surface area (Å²) >= 11 is 6.02. The number of esters is 1. The number of rotatable bonds is 6. The average molecular weight is 524 g/mol. The van der Waals surface area contributed by atoms with E-state index in [4.69, 9.17) is 16.3 Å². The fourth-order valence-corrected chi connectivity index (χ4v) is 4.53. The molecular formula is C27H42ClN3O5. The van der Waals surface area contributed by atoms with Gasteiger partial charge in [-0.2, -0.15) is 0 Å². The van der Waals surface area contributed by atoms with Crippen molar-refractivity contribution in [2.75, 3.05) is 13.1 Å². The Hall–Kier alpha value is -2.32. The average Bonchev–Trinajstić information content (AvgIpc) is 2.72. The topological polar surface area (TPSA) is 108 Å². The number of hydrogen-bond donors (Lipinski definition) is 3. The number of halogens is 1. The number of carbonyl (C=O) groups excluding carboxylic acids is 3. The van der Waals surface area contributed by atoms with Crippen LogP contribution in [0.1, 0.15) is 74.3 Å². The first-order valence-corrected chi connectivity index (χ1v) is 12.8. The number of piperidine rings is 1. The fraction of sp³-hybridized carbons (Fsp3) is 0.667. The molecule has 0 bridgehead atoms. The molecule has 0 radical (unpaired) electrons. The van der Waals surface area contributed by atoms with Crippen LogP contribution in [0.3, 0.4) is 0 Å². The van der Waals surface area contributed by atoms with Crippen LogP contribution in [-0.4, -0.2) is 58.2 Å². The van der Waals surface area contributed by atoms with Crippen LogP contribution in [0.4, 0.5) is 4.79 Å². The van der Waals surface area contributed by atoms with E-state index in [0.717, 1.165) is 5.56 Å². The first kappa shape index (κ1) is 29.9. The van der Waals surface area contributed by atoms with E-state index in [1.54, 1.807) is 51.7 Å². The quantitative estimate of drug-likeness (QED) is 0.483. The molecule has 1 aromatic rings. The van der Waals surface area contributed by atoms with E-state index in [-0.39, 0.29) is 11.8 Å². The zero-order valence-electron chi connectivity index (χ0n) is 23.0. The van der Waals surface area contributed by atoms with E-state index in [1.807, 2.05) is 39.8 Å². The van der Waals surface area contributed by atoms with Crippen LogP contribution in [0.15, 0.2) is 24.3 Å². The molecule has 1 aliphatic rings. The molecule has 0 aliphatic carbocycles. The predicted molar refractivity (Wildman–Crippen MR) is 141 cm³/mol. The third-order valence-electron chi connectivity index (χ3n) is 6.64. The van der Waals surface area contributed by atoms with Gasteiger partial charge < -0.3 is 25.4 Å². The Morgan fingerprint density at radius 3 is 2.11 bits per heavy atom. The minimum Gasteiger partial charge on any atom is -0.458 e. The highest BCUT2D eigenvalue weighted by atomic mass is 35.5. The van der Waals surface area contributed by atoms with Crippen molar-refractivity contribution in [3.63, 3.8) is 0 Å². The number of urea groups is 1. The van der Waals surface area contributed by atoms with Gasteiger partial charge in [-0.15, -0.1) is 0 Å². The summed E-state index contributed by atoms with van der Waals surface area (Å²) in [7, 11) is 0. The second kappa shape index (κ2) is 10.6. The normalized spacial score (nSPS) is 21.1. The monoisotopic (exact) mass is 523 g/mol. The molecule has 0 saturated carbocycles. The Morgan fingerprint density at radius 1 is 1.08 bits per heavy atom. The number of nitrogens with zero attached hydrogens (tertiary/aromatic N) is 1. The van der Waals surface area contributed by atoms with Gasteiger partial charge in [0.05, 0.1) is 5.60 Å². The van der Waals surface area contributed by atoms with Crippen LogP contribution < -0.4 is 10.6 Å². The molecule has 202 valence electrons. The molecule has 2 unspecified atom stereocenters. The Morgan fingerprint density at radius 2 is 1.64 bits per heavy atom. The highest BCUT2D eigenvalue weighted by molar-refractivity contribution is 6.30. The summed E-state index contributed by atoms with van der Waals surface area (Å²) < 4.78 is 5.40. The van der Waals surface area contributed by atoms with E-state index in [2.05, 4.69) is 10.6 Å². The predicted octanol–water partition coefficient (Wildman–Crippen LogP) is 4.23. The molecular weight excluding hydrogens is 482 g/mol. The largest absolute Gasteiger partial charge is 0.458 e. The van der Waals surface area contributed by atoms with Crippen LogP contribution in [0, 0.1) is 11.3 Å². The summed E-state index contributed by atoms with van der Waals surface area (Å²) in [6.07, 6.45) is 0.343. The SMILES string of the molecule is CC(C)C(NC(=O)NC(C)(C)C(=O)OC(C)(C)C)C(=O)N1CCC(O)(c2ccc(Cl)cc2)C(C)(C)C1. The lowest BCUT2D eigenvalue weighted by molar-refractivity contribution is -0.161. The van der Waals surface area contributed by atoms with Crippen molar-refractivity contribution < 1.29 is 24.2 Å². The number of benzene rings is 1.